The molecule has 3 aromatic rings. The lowest BCUT2D eigenvalue weighted by atomic mass is 10.0. The second-order valence-corrected chi connectivity index (χ2v) is 12.4. The monoisotopic (exact) mass is 601 g/mol. The molecule has 0 bridgehead atoms. The van der Waals surface area contributed by atoms with Gasteiger partial charge >= 0.3 is 12.1 Å². The van der Waals surface area contributed by atoms with E-state index in [1.54, 1.807) is 16.0 Å². The number of benzene rings is 2. The van der Waals surface area contributed by atoms with Crippen molar-refractivity contribution in [2.24, 2.45) is 0 Å². The molecule has 0 spiro atoms. The van der Waals surface area contributed by atoms with Crippen molar-refractivity contribution in [1.82, 2.24) is 25.5 Å². The zero-order chi connectivity index (χ0) is 31.0. The lowest BCUT2D eigenvalue weighted by Gasteiger charge is -2.36. The van der Waals surface area contributed by atoms with Gasteiger partial charge in [0.15, 0.2) is 5.78 Å². The van der Waals surface area contributed by atoms with Crippen LogP contribution in [0.2, 0.25) is 0 Å². The molecule has 2 fully saturated rings. The molecule has 3 heterocycles. The summed E-state index contributed by atoms with van der Waals surface area (Å²) in [6.07, 6.45) is 1.39. The van der Waals surface area contributed by atoms with E-state index in [0.29, 0.717) is 73.2 Å². The first-order valence-electron chi connectivity index (χ1n) is 15.1. The van der Waals surface area contributed by atoms with E-state index in [9.17, 15) is 14.4 Å². The molecule has 0 saturated carbocycles. The molecule has 3 aliphatic rings. The van der Waals surface area contributed by atoms with E-state index in [4.69, 9.17) is 9.47 Å². The largest absolute Gasteiger partial charge is 0.444 e. The van der Waals surface area contributed by atoms with Gasteiger partial charge in [0.2, 0.25) is 0 Å². The van der Waals surface area contributed by atoms with Crippen LogP contribution in [-0.4, -0.2) is 96.1 Å². The van der Waals surface area contributed by atoms with E-state index in [1.807, 2.05) is 64.2 Å². The van der Waals surface area contributed by atoms with Gasteiger partial charge in [0.1, 0.15) is 11.3 Å². The molecule has 1 aromatic heterocycles. The van der Waals surface area contributed by atoms with Crippen LogP contribution in [0.15, 0.2) is 42.5 Å². The smallest absolute Gasteiger partial charge is 0.410 e. The van der Waals surface area contributed by atoms with Crippen molar-refractivity contribution in [3.05, 3.63) is 53.6 Å². The number of hydrazine groups is 1. The minimum atomic E-state index is -0.520. The zero-order valence-electron chi connectivity index (χ0n) is 25.6. The van der Waals surface area contributed by atoms with Crippen molar-refractivity contribution < 1.29 is 23.9 Å². The molecule has 6 rings (SSSR count). The molecule has 2 aliphatic heterocycles. The average molecular weight is 602 g/mol. The molecule has 12 heteroatoms. The summed E-state index contributed by atoms with van der Waals surface area (Å²) in [5, 5.41) is 12.2. The molecule has 1 aliphatic carbocycles. The number of nitrogens with one attached hydrogen (secondary N) is 3. The molecule has 3 N–H and O–H groups in total. The van der Waals surface area contributed by atoms with E-state index >= 15 is 0 Å². The molecule has 12 nitrogen and oxygen atoms in total. The molecular formula is C32H39N7O5. The first kappa shape index (κ1) is 29.6. The third-order valence-electron chi connectivity index (χ3n) is 8.26. The first-order chi connectivity index (χ1) is 21.1. The number of hydrogen-bond donors (Lipinski definition) is 3. The highest BCUT2D eigenvalue weighted by molar-refractivity contribution is 6.26. The van der Waals surface area contributed by atoms with Crippen molar-refractivity contribution in [2.75, 3.05) is 56.7 Å². The number of H-pyrrole nitrogens is 1. The molecule has 2 aromatic carbocycles. The number of nitrogens with zero attached hydrogens (tertiary/aromatic N) is 4. The Morgan fingerprint density at radius 2 is 1.73 bits per heavy atom. The van der Waals surface area contributed by atoms with E-state index in [2.05, 4.69) is 25.8 Å². The summed E-state index contributed by atoms with van der Waals surface area (Å²) in [5.74, 6) is -0.185. The van der Waals surface area contributed by atoms with Crippen LogP contribution in [0.25, 0.3) is 22.5 Å². The maximum Gasteiger partial charge on any atom is 0.410 e. The number of aromatic amines is 1. The summed E-state index contributed by atoms with van der Waals surface area (Å²) < 4.78 is 10.9. The maximum atomic E-state index is 13.8. The number of piperazine rings is 1. The number of rotatable bonds is 5. The highest BCUT2D eigenvalue weighted by atomic mass is 16.6. The Balaban J connectivity index is 1.13. The van der Waals surface area contributed by atoms with Crippen LogP contribution in [0, 0.1) is 0 Å². The zero-order valence-corrected chi connectivity index (χ0v) is 25.6. The van der Waals surface area contributed by atoms with Crippen molar-refractivity contribution in [3.8, 4) is 22.5 Å². The van der Waals surface area contributed by atoms with Crippen LogP contribution >= 0.6 is 0 Å². The van der Waals surface area contributed by atoms with Crippen molar-refractivity contribution >= 4 is 29.3 Å². The number of hydrogen-bond acceptors (Lipinski definition) is 8. The SMILES string of the molecule is CN(NC(=O)Nc1cccc2c1C(=O)c1c(-c3ccc(N4CCN(C(=O)OC(C)(C)C)CC4)cc3)n[nH]c1-2)C1CCOCC1. The molecule has 0 unspecified atom stereocenters. The molecular weight excluding hydrogens is 562 g/mol. The summed E-state index contributed by atoms with van der Waals surface area (Å²) in [4.78, 5) is 43.1. The lowest BCUT2D eigenvalue weighted by Crippen LogP contribution is -2.50. The van der Waals surface area contributed by atoms with E-state index in [1.165, 1.54) is 0 Å². The summed E-state index contributed by atoms with van der Waals surface area (Å²) in [6, 6.07) is 13.1. The van der Waals surface area contributed by atoms with E-state index < -0.39 is 11.6 Å². The highest BCUT2D eigenvalue weighted by Gasteiger charge is 2.35. The average Bonchev–Trinajstić information content (AvgIpc) is 3.57. The topological polar surface area (TPSA) is 132 Å². The number of anilines is 2. The van der Waals surface area contributed by atoms with E-state index in [-0.39, 0.29) is 17.9 Å². The number of ketones is 1. The molecule has 0 radical (unpaired) electrons. The highest BCUT2D eigenvalue weighted by Crippen LogP contribution is 2.43. The van der Waals surface area contributed by atoms with Crippen LogP contribution in [-0.2, 0) is 9.47 Å². The second kappa shape index (κ2) is 11.9. The Bertz CT molecular complexity index is 1550. The number of ether oxygens (including phenoxy) is 2. The fourth-order valence-corrected chi connectivity index (χ4v) is 5.98. The van der Waals surface area contributed by atoms with Crippen molar-refractivity contribution in [2.45, 2.75) is 45.3 Å². The Labute approximate surface area is 256 Å². The van der Waals surface area contributed by atoms with Crippen LogP contribution in [0.1, 0.15) is 49.5 Å². The first-order valence-corrected chi connectivity index (χ1v) is 15.1. The summed E-state index contributed by atoms with van der Waals surface area (Å²) >= 11 is 0. The van der Waals surface area contributed by atoms with Gasteiger partial charge < -0.3 is 24.6 Å². The second-order valence-electron chi connectivity index (χ2n) is 12.4. The number of carbonyl (C=O) groups is 3. The molecule has 232 valence electrons. The van der Waals surface area contributed by atoms with E-state index in [0.717, 1.165) is 24.1 Å². The molecule has 2 saturated heterocycles. The standard InChI is InChI=1S/C32H39N7O5/c1-32(2,3)44-31(42)39-16-14-38(15-17-39)22-10-8-20(9-11-22)27-26-28(35-34-27)23-6-5-7-24(25(23)29(26)40)33-30(41)36-37(4)21-12-18-43-19-13-21/h5-11,21H,12-19H2,1-4H3,(H,34,35)(H2,33,36,41). The number of carbonyl (C=O) groups excluding carboxylic acids is 3. The third-order valence-corrected chi connectivity index (χ3v) is 8.26. The minimum Gasteiger partial charge on any atom is -0.444 e. The van der Waals surface area contributed by atoms with Gasteiger partial charge in [-0.25, -0.2) is 14.6 Å². The fraction of sp³-hybridized carbons (Fsp3) is 0.438. The van der Waals surface area contributed by atoms with Gasteiger partial charge in [0.05, 0.1) is 22.5 Å². The predicted molar refractivity (Wildman–Crippen MR) is 167 cm³/mol. The van der Waals surface area contributed by atoms with Gasteiger partial charge in [0.25, 0.3) is 0 Å². The Hall–Kier alpha value is -4.42. The quantitative estimate of drug-likeness (QED) is 0.285. The van der Waals surface area contributed by atoms with Crippen LogP contribution in [0.5, 0.6) is 0 Å². The maximum absolute atomic E-state index is 13.8. The summed E-state index contributed by atoms with van der Waals surface area (Å²) in [5.41, 5.74) is 7.50. The van der Waals surface area contributed by atoms with Gasteiger partial charge in [-0.1, -0.05) is 24.3 Å². The number of urea groups is 1. The molecule has 0 atom stereocenters. The van der Waals surface area contributed by atoms with Crippen molar-refractivity contribution in [3.63, 3.8) is 0 Å². The van der Waals surface area contributed by atoms with Gasteiger partial charge in [-0.05, 0) is 51.8 Å². The Morgan fingerprint density at radius 1 is 1.02 bits per heavy atom. The van der Waals surface area contributed by atoms with Gasteiger partial charge in [-0.3, -0.25) is 15.3 Å². The third kappa shape index (κ3) is 6.00. The van der Waals surface area contributed by atoms with Gasteiger partial charge in [-0.15, -0.1) is 0 Å². The Kier molecular flexibility index (Phi) is 8.04. The van der Waals surface area contributed by atoms with Crippen molar-refractivity contribution in [1.29, 1.82) is 0 Å². The van der Waals surface area contributed by atoms with Gasteiger partial charge in [-0.2, -0.15) is 5.10 Å². The number of fused-ring (bicyclic) bond motifs is 3. The minimum absolute atomic E-state index is 0.185. The molecule has 3 amide bonds. The Morgan fingerprint density at radius 3 is 2.41 bits per heavy atom. The number of aromatic nitrogens is 2. The summed E-state index contributed by atoms with van der Waals surface area (Å²) in [6.45, 7) is 9.49. The predicted octanol–water partition coefficient (Wildman–Crippen LogP) is 4.49. The fourth-order valence-electron chi connectivity index (χ4n) is 5.98. The van der Waals surface area contributed by atoms with Crippen LogP contribution in [0.4, 0.5) is 21.0 Å². The molecule has 44 heavy (non-hydrogen) atoms. The normalized spacial score (nSPS) is 17.0. The van der Waals surface area contributed by atoms with Gasteiger partial charge in [0, 0.05) is 69.3 Å². The van der Waals surface area contributed by atoms with Crippen LogP contribution < -0.4 is 15.6 Å². The number of amides is 3. The lowest BCUT2D eigenvalue weighted by molar-refractivity contribution is 0.0240. The van der Waals surface area contributed by atoms with Crippen LogP contribution in [0.3, 0.4) is 0 Å². The summed E-state index contributed by atoms with van der Waals surface area (Å²) in [7, 11) is 1.84.